The van der Waals surface area contributed by atoms with Crippen molar-refractivity contribution in [2.24, 2.45) is 11.8 Å². The molecule has 3 aromatic carbocycles. The Kier molecular flexibility index (Phi) is 45.4. The van der Waals surface area contributed by atoms with E-state index in [0.29, 0.717) is 11.8 Å². The number of fused-ring (bicyclic) bond motifs is 16. The highest BCUT2D eigenvalue weighted by molar-refractivity contribution is 7.34. The predicted octanol–water partition coefficient (Wildman–Crippen LogP) is 40.1. The van der Waals surface area contributed by atoms with Crippen LogP contribution in [0.2, 0.25) is 0 Å². The highest BCUT2D eigenvalue weighted by Gasteiger charge is 2.38. The summed E-state index contributed by atoms with van der Waals surface area (Å²) < 4.78 is 85.2. The van der Waals surface area contributed by atoms with E-state index >= 15 is 17.6 Å². The normalized spacial score (nSPS) is 14.8. The number of ketones is 2. The molecule has 137 heavy (non-hydrogen) atoms. The van der Waals surface area contributed by atoms with Gasteiger partial charge in [0.05, 0.1) is 87.3 Å². The summed E-state index contributed by atoms with van der Waals surface area (Å²) in [7, 11) is 0. The molecule has 0 aliphatic heterocycles. The van der Waals surface area contributed by atoms with Gasteiger partial charge in [0.1, 0.15) is 11.0 Å². The molecule has 0 saturated heterocycles. The number of unbranched alkanes of at least 4 members (excludes halogenated alkanes) is 48. The van der Waals surface area contributed by atoms with Gasteiger partial charge in [0.15, 0.2) is 34.8 Å². The van der Waals surface area contributed by atoms with Crippen LogP contribution in [0.5, 0.6) is 0 Å². The van der Waals surface area contributed by atoms with Crippen LogP contribution >= 0.6 is 57.1 Å². The van der Waals surface area contributed by atoms with Gasteiger partial charge in [-0.3, -0.25) is 9.59 Å². The second-order valence-electron chi connectivity index (χ2n) is 39.8. The Morgan fingerprint density at radius 1 is 0.358 bits per heavy atom. The number of allylic oxidation sites excluding steroid dienone is 10. The monoisotopic (exact) mass is 1950 g/mol. The number of rotatable bonds is 68. The lowest BCUT2D eigenvalue weighted by Gasteiger charge is -2.22. The molecule has 7 aromatic heterocycles. The van der Waals surface area contributed by atoms with Crippen molar-refractivity contribution in [1.82, 2.24) is 17.9 Å². The molecule has 0 spiro atoms. The molecule has 7 heterocycles. The summed E-state index contributed by atoms with van der Waals surface area (Å²) in [5.41, 5.74) is 8.75. The standard InChI is InChI=1S/C118H154F4N8O2S5/c1-9-15-21-27-33-39-43-47-53-59-67-83(65-57-51-45-37-31-25-19-13-5)81-129-107-103(115-109(129)117-113(135-115)85(69-61-55-49-41-35-29-23-17-11-3)99(133-117)73-63-71-87-101(97(79-123)125-7)89-75-93(119)95(121)77-91(89)111(87)131)105-106(128-137-127-105)104-108(107)130(82-84(66-58-52-46-38-32-26-20-14-6)68-60-54-48-44-40-34-28-22-16-10-2)110-116(104)136-114-86(70-62-56-50-42-36-30-24-18-12-4)100(134-118(110)114)74-64-72-88-102(98(80-124)126-8)90-76-94(120)96(122)78-92(90)112(88)132/h63-64,71-78,83-84H,9-62,65-70,81-82H2,1-6H3/b73-63+,74-64+,87-71-,88-72-,101-97-,102-98?. The number of halogens is 4. The van der Waals surface area contributed by atoms with Gasteiger partial charge < -0.3 is 9.13 Å². The molecule has 0 radical (unpaired) electrons. The van der Waals surface area contributed by atoms with Crippen molar-refractivity contribution in [2.45, 2.75) is 440 Å². The van der Waals surface area contributed by atoms with Gasteiger partial charge in [-0.15, -0.1) is 45.3 Å². The SMILES string of the molecule is [C-]#[N+]C(C#N)=C1/C(=C/C=C/c2sc3c(sc4c5c6nsnc6c6c7sc8c(CCCCCCCCCCC)c(/C=C/C=C9\C(=O)c%10cc(F)c(F)cc%10\C9=C(\C#N)[N+]#[C-])sc8c7n(CC(CCCCCCCCCC)CCCCCCCCCCCC)c6c5n(CC(CCCCCCCCCC)CCCCCCCCCCCC)c34)c2CCCCCCCCCCC)C(=O)c2cc(F)c(F)cc21. The average molecular weight is 1950 g/mol. The summed E-state index contributed by atoms with van der Waals surface area (Å²) in [6.07, 6.45) is 84.0. The number of hydrogen-bond donors (Lipinski definition) is 0. The van der Waals surface area contributed by atoms with E-state index in [1.54, 1.807) is 12.2 Å². The Morgan fingerprint density at radius 3 is 0.891 bits per heavy atom. The molecule has 0 fully saturated rings. The minimum Gasteiger partial charge on any atom is -0.337 e. The number of aryl methyl sites for hydroxylation is 2. The molecule has 2 unspecified atom stereocenters. The first kappa shape index (κ1) is 108. The van der Waals surface area contributed by atoms with E-state index in [4.69, 9.17) is 21.9 Å². The molecule has 19 heteroatoms. The van der Waals surface area contributed by atoms with Crippen molar-refractivity contribution in [3.63, 3.8) is 0 Å². The highest BCUT2D eigenvalue weighted by Crippen LogP contribution is 2.56. The number of benzene rings is 3. The van der Waals surface area contributed by atoms with E-state index in [-0.39, 0.29) is 55.9 Å². The molecule has 2 atom stereocenters. The zero-order chi connectivity index (χ0) is 96.6. The van der Waals surface area contributed by atoms with Crippen molar-refractivity contribution in [1.29, 1.82) is 10.5 Å². The van der Waals surface area contributed by atoms with Gasteiger partial charge >= 0.3 is 0 Å². The Bertz CT molecular complexity index is 5620. The number of thiophene rings is 4. The van der Waals surface area contributed by atoms with Crippen molar-refractivity contribution >= 4 is 164 Å². The summed E-state index contributed by atoms with van der Waals surface area (Å²) in [4.78, 5) is 38.4. The first-order valence-corrected chi connectivity index (χ1v) is 58.2. The third kappa shape index (κ3) is 28.2. The fourth-order valence-electron chi connectivity index (χ4n) is 21.7. The molecule has 0 saturated carbocycles. The lowest BCUT2D eigenvalue weighted by atomic mass is 9.93. The van der Waals surface area contributed by atoms with Crippen molar-refractivity contribution < 1.29 is 27.2 Å². The van der Waals surface area contributed by atoms with Crippen LogP contribution in [-0.2, 0) is 25.9 Å². The summed E-state index contributed by atoms with van der Waals surface area (Å²) in [6, 6.07) is 7.62. The molecule has 0 amide bonds. The predicted molar refractivity (Wildman–Crippen MR) is 580 cm³/mol. The summed E-state index contributed by atoms with van der Waals surface area (Å²) >= 11 is 8.78. The lowest BCUT2D eigenvalue weighted by Crippen LogP contribution is -2.14. The maximum Gasteiger partial charge on any atom is 0.270 e. The van der Waals surface area contributed by atoms with Gasteiger partial charge in [-0.05, 0) is 122 Å². The van der Waals surface area contributed by atoms with E-state index in [9.17, 15) is 20.1 Å². The number of hydrogen-bond acceptors (Lipinski definition) is 11. The quantitative estimate of drug-likeness (QED) is 0.0123. The summed E-state index contributed by atoms with van der Waals surface area (Å²) in [6.45, 7) is 31.6. The van der Waals surface area contributed by atoms with Crippen LogP contribution in [0.25, 0.3) is 105 Å². The Hall–Kier alpha value is -8.14. The van der Waals surface area contributed by atoms with Crippen molar-refractivity contribution in [2.75, 3.05) is 0 Å². The minimum absolute atomic E-state index is 0.0173. The molecule has 2 aliphatic rings. The molecule has 10 nitrogen and oxygen atoms in total. The van der Waals surface area contributed by atoms with Gasteiger partial charge in [-0.25, -0.2) is 37.8 Å². The number of nitriles is 2. The topological polar surface area (TPSA) is 126 Å². The Balaban J connectivity index is 1.11. The van der Waals surface area contributed by atoms with Gasteiger partial charge in [-0.1, -0.05) is 400 Å². The number of Topliss-reactive ketones (excluding diaryl/α,β-unsaturated/α-hetero) is 2. The van der Waals surface area contributed by atoms with Crippen LogP contribution in [0.4, 0.5) is 17.6 Å². The second-order valence-corrected chi connectivity index (χ2v) is 44.5. The van der Waals surface area contributed by atoms with Crippen LogP contribution in [0, 0.1) is 70.9 Å². The first-order valence-electron chi connectivity index (χ1n) is 54.2. The largest absolute Gasteiger partial charge is 0.337 e. The third-order valence-corrected chi connectivity index (χ3v) is 35.1. The minimum atomic E-state index is -1.17. The number of carbonyl (C=O) groups is 2. The van der Waals surface area contributed by atoms with E-state index in [0.717, 1.165) is 135 Å². The summed E-state index contributed by atoms with van der Waals surface area (Å²) in [5, 5.41) is 23.2. The molecule has 0 bridgehead atoms. The van der Waals surface area contributed by atoms with E-state index < -0.39 is 34.8 Å². The van der Waals surface area contributed by atoms with Crippen LogP contribution in [0.15, 0.2) is 71.1 Å². The third-order valence-electron chi connectivity index (χ3n) is 29.4. The maximum atomic E-state index is 15.3. The fourth-order valence-corrected chi connectivity index (χ4v) is 28.1. The van der Waals surface area contributed by atoms with Gasteiger partial charge in [0.25, 0.3) is 11.4 Å². The van der Waals surface area contributed by atoms with Crippen LogP contribution in [0.1, 0.15) is 467 Å². The molecule has 10 aromatic rings. The zero-order valence-electron chi connectivity index (χ0n) is 83.7. The average Bonchev–Trinajstić information content (AvgIpc) is 1.50. The first-order chi connectivity index (χ1) is 67.2. The fraction of sp³-hybridized carbons (Fsp3) is 0.593. The van der Waals surface area contributed by atoms with Crippen LogP contribution in [-0.4, -0.2) is 29.4 Å². The van der Waals surface area contributed by atoms with Gasteiger partial charge in [0, 0.05) is 67.0 Å². The van der Waals surface area contributed by atoms with E-state index in [1.165, 1.54) is 392 Å². The lowest BCUT2D eigenvalue weighted by molar-refractivity contribution is 0.103. The van der Waals surface area contributed by atoms with E-state index in [1.807, 2.05) is 69.6 Å². The number of nitrogens with zero attached hydrogens (tertiary/aromatic N) is 8. The number of carbonyl (C=O) groups excluding carboxylic acids is 2. The molecule has 0 N–H and O–H groups in total. The molecule has 12 rings (SSSR count). The Labute approximate surface area is 837 Å². The Morgan fingerprint density at radius 2 is 0.620 bits per heavy atom. The summed E-state index contributed by atoms with van der Waals surface area (Å²) in [5.74, 6) is -5.06. The smallest absolute Gasteiger partial charge is 0.270 e. The molecule has 736 valence electrons. The molecule has 2 aliphatic carbocycles. The molecular weight excluding hydrogens is 1800 g/mol. The second kappa shape index (κ2) is 57.7. The van der Waals surface area contributed by atoms with Crippen molar-refractivity contribution in [3.05, 3.63) is 160 Å². The highest BCUT2D eigenvalue weighted by atomic mass is 32.1. The van der Waals surface area contributed by atoms with Crippen LogP contribution < -0.4 is 0 Å². The molecular formula is C118H154F4N8O2S5. The van der Waals surface area contributed by atoms with Gasteiger partial charge in [-0.2, -0.15) is 8.75 Å². The zero-order valence-corrected chi connectivity index (χ0v) is 87.8. The maximum absolute atomic E-state index is 15.3. The van der Waals surface area contributed by atoms with Crippen molar-refractivity contribution in [3.8, 4) is 12.1 Å². The van der Waals surface area contributed by atoms with Gasteiger partial charge in [0.2, 0.25) is 0 Å². The van der Waals surface area contributed by atoms with Crippen LogP contribution in [0.3, 0.4) is 0 Å². The van der Waals surface area contributed by atoms with E-state index in [2.05, 4.69) is 72.5 Å². The number of aromatic nitrogens is 4.